The van der Waals surface area contributed by atoms with Crippen molar-refractivity contribution in [2.45, 2.75) is 33.1 Å². The van der Waals surface area contributed by atoms with Crippen molar-refractivity contribution in [3.05, 3.63) is 29.3 Å². The lowest BCUT2D eigenvalue weighted by atomic mass is 10.1. The van der Waals surface area contributed by atoms with Crippen LogP contribution in [-0.4, -0.2) is 13.6 Å². The first-order valence-corrected chi connectivity index (χ1v) is 6.44. The van der Waals surface area contributed by atoms with Gasteiger partial charge in [-0.25, -0.2) is 0 Å². The Hall–Kier alpha value is -0.690. The first kappa shape index (κ1) is 13.4. The predicted octanol–water partition coefficient (Wildman–Crippen LogP) is 4.22. The minimum atomic E-state index is 0.599. The van der Waals surface area contributed by atoms with Gasteiger partial charge in [0, 0.05) is 25.2 Å². The normalized spacial score (nSPS) is 10.9. The van der Waals surface area contributed by atoms with E-state index >= 15 is 0 Å². The van der Waals surface area contributed by atoms with Gasteiger partial charge in [-0.3, -0.25) is 0 Å². The molecule has 1 rings (SSSR count). The molecule has 0 fully saturated rings. The molecule has 0 amide bonds. The average molecular weight is 240 g/mol. The molecule has 1 nitrogen and oxygen atoms in total. The predicted molar refractivity (Wildman–Crippen MR) is 73.5 cm³/mol. The van der Waals surface area contributed by atoms with Gasteiger partial charge in [-0.2, -0.15) is 0 Å². The lowest BCUT2D eigenvalue weighted by molar-refractivity contribution is 0.585. The fraction of sp³-hybridized carbons (Fsp3) is 0.571. The van der Waals surface area contributed by atoms with E-state index in [1.54, 1.807) is 0 Å². The van der Waals surface area contributed by atoms with Crippen LogP contribution >= 0.6 is 11.6 Å². The van der Waals surface area contributed by atoms with E-state index in [4.69, 9.17) is 11.6 Å². The number of hydrogen-bond donors (Lipinski definition) is 0. The van der Waals surface area contributed by atoms with Gasteiger partial charge in [0.2, 0.25) is 0 Å². The molecule has 0 aliphatic carbocycles. The van der Waals surface area contributed by atoms with E-state index in [2.05, 4.69) is 50.9 Å². The molecule has 2 heteroatoms. The highest BCUT2D eigenvalue weighted by Gasteiger charge is 2.04. The number of hydrogen-bond acceptors (Lipinski definition) is 1. The van der Waals surface area contributed by atoms with Crippen LogP contribution in [0.4, 0.5) is 5.69 Å². The zero-order chi connectivity index (χ0) is 12.1. The van der Waals surface area contributed by atoms with Crippen molar-refractivity contribution in [3.63, 3.8) is 0 Å². The summed E-state index contributed by atoms with van der Waals surface area (Å²) in [6.07, 6.45) is 1.23. The minimum Gasteiger partial charge on any atom is -0.375 e. The Morgan fingerprint density at radius 3 is 2.50 bits per heavy atom. The second kappa shape index (κ2) is 6.15. The Morgan fingerprint density at radius 2 is 2.00 bits per heavy atom. The first-order chi connectivity index (χ1) is 7.54. The van der Waals surface area contributed by atoms with E-state index in [1.807, 2.05) is 0 Å². The summed E-state index contributed by atoms with van der Waals surface area (Å²) in [4.78, 5) is 2.31. The Labute approximate surface area is 104 Å². The smallest absolute Gasteiger partial charge is 0.0476 e. The van der Waals surface area contributed by atoms with Gasteiger partial charge in [-0.1, -0.05) is 19.9 Å². The largest absolute Gasteiger partial charge is 0.375 e. The second-order valence-corrected chi connectivity index (χ2v) is 5.12. The molecule has 90 valence electrons. The molecule has 0 saturated heterocycles. The van der Waals surface area contributed by atoms with E-state index < -0.39 is 0 Å². The molecule has 0 heterocycles. The van der Waals surface area contributed by atoms with Gasteiger partial charge in [-0.15, -0.1) is 11.6 Å². The van der Waals surface area contributed by atoms with Crippen molar-refractivity contribution >= 4 is 17.3 Å². The number of rotatable bonds is 5. The summed E-state index contributed by atoms with van der Waals surface area (Å²) < 4.78 is 0. The molecule has 0 bridgehead atoms. The molecule has 0 atom stereocenters. The van der Waals surface area contributed by atoms with Gasteiger partial charge in [0.25, 0.3) is 0 Å². The summed E-state index contributed by atoms with van der Waals surface area (Å²) in [6, 6.07) is 6.51. The van der Waals surface area contributed by atoms with Gasteiger partial charge in [0.1, 0.15) is 0 Å². The molecule has 0 radical (unpaired) electrons. The Balaban J connectivity index is 2.69. The van der Waals surface area contributed by atoms with Crippen LogP contribution in [0.15, 0.2) is 18.2 Å². The molecule has 0 spiro atoms. The van der Waals surface area contributed by atoms with E-state index in [-0.39, 0.29) is 0 Å². The number of halogens is 1. The van der Waals surface area contributed by atoms with E-state index in [9.17, 15) is 0 Å². The summed E-state index contributed by atoms with van der Waals surface area (Å²) >= 11 is 5.85. The first-order valence-electron chi connectivity index (χ1n) is 5.91. The monoisotopic (exact) mass is 239 g/mol. The molecule has 0 aromatic heterocycles. The maximum Gasteiger partial charge on any atom is 0.0476 e. The van der Waals surface area contributed by atoms with Crippen molar-refractivity contribution < 1.29 is 0 Å². The fourth-order valence-corrected chi connectivity index (χ4v) is 1.95. The third-order valence-corrected chi connectivity index (χ3v) is 3.24. The van der Waals surface area contributed by atoms with Crippen molar-refractivity contribution in [2.75, 3.05) is 18.5 Å². The summed E-state index contributed by atoms with van der Waals surface area (Å²) in [7, 11) is 2.15. The molecule has 16 heavy (non-hydrogen) atoms. The van der Waals surface area contributed by atoms with Gasteiger partial charge < -0.3 is 4.90 Å². The van der Waals surface area contributed by atoms with Crippen molar-refractivity contribution in [1.29, 1.82) is 0 Å². The Morgan fingerprint density at radius 1 is 1.31 bits per heavy atom. The highest BCUT2D eigenvalue weighted by molar-refractivity contribution is 6.17. The molecule has 0 aliphatic heterocycles. The third-order valence-electron chi connectivity index (χ3n) is 2.95. The van der Waals surface area contributed by atoms with Crippen LogP contribution in [-0.2, 0) is 5.88 Å². The van der Waals surface area contributed by atoms with Crippen molar-refractivity contribution in [1.82, 2.24) is 0 Å². The molecule has 0 N–H and O–H groups in total. The maximum atomic E-state index is 5.85. The minimum absolute atomic E-state index is 0.599. The number of alkyl halides is 1. The number of anilines is 1. The Bertz CT molecular complexity index is 334. The average Bonchev–Trinajstić information content (AvgIpc) is 2.25. The highest BCUT2D eigenvalue weighted by atomic mass is 35.5. The van der Waals surface area contributed by atoms with Gasteiger partial charge in [-0.05, 0) is 42.5 Å². The standard InChI is InChI=1S/C14H22ClN/c1-11(2)7-8-16(4)14-6-5-13(10-15)12(3)9-14/h5-6,9,11H,7-8,10H2,1-4H3. The van der Waals surface area contributed by atoms with Crippen LogP contribution < -0.4 is 4.90 Å². The van der Waals surface area contributed by atoms with E-state index in [0.29, 0.717) is 5.88 Å². The van der Waals surface area contributed by atoms with E-state index in [0.717, 1.165) is 12.5 Å². The fourth-order valence-electron chi connectivity index (χ4n) is 1.65. The van der Waals surface area contributed by atoms with Crippen LogP contribution in [0, 0.1) is 12.8 Å². The lowest BCUT2D eigenvalue weighted by Gasteiger charge is -2.21. The lowest BCUT2D eigenvalue weighted by Crippen LogP contribution is -2.19. The molecule has 1 aromatic rings. The number of aryl methyl sites for hydroxylation is 1. The Kier molecular flexibility index (Phi) is 5.14. The van der Waals surface area contributed by atoms with Crippen molar-refractivity contribution in [2.24, 2.45) is 5.92 Å². The summed E-state index contributed by atoms with van der Waals surface area (Å²) in [5, 5.41) is 0. The van der Waals surface area contributed by atoms with Gasteiger partial charge >= 0.3 is 0 Å². The molecule has 0 saturated carbocycles. The van der Waals surface area contributed by atoms with Crippen molar-refractivity contribution in [3.8, 4) is 0 Å². The quantitative estimate of drug-likeness (QED) is 0.696. The highest BCUT2D eigenvalue weighted by Crippen LogP contribution is 2.20. The molecular formula is C14H22ClN. The number of nitrogens with zero attached hydrogens (tertiary/aromatic N) is 1. The van der Waals surface area contributed by atoms with Crippen LogP contribution in [0.3, 0.4) is 0 Å². The topological polar surface area (TPSA) is 3.24 Å². The molecule has 0 aliphatic rings. The SMILES string of the molecule is Cc1cc(N(C)CCC(C)C)ccc1CCl. The van der Waals surface area contributed by atoms with Crippen LogP contribution in [0.1, 0.15) is 31.4 Å². The van der Waals surface area contributed by atoms with Crippen LogP contribution in [0.25, 0.3) is 0 Å². The number of benzene rings is 1. The zero-order valence-corrected chi connectivity index (χ0v) is 11.5. The summed E-state index contributed by atoms with van der Waals surface area (Å²) in [5.74, 6) is 1.35. The summed E-state index contributed by atoms with van der Waals surface area (Å²) in [6.45, 7) is 7.75. The second-order valence-electron chi connectivity index (χ2n) is 4.85. The van der Waals surface area contributed by atoms with Crippen LogP contribution in [0.5, 0.6) is 0 Å². The molecule has 0 unspecified atom stereocenters. The zero-order valence-electron chi connectivity index (χ0n) is 10.8. The van der Waals surface area contributed by atoms with Crippen LogP contribution in [0.2, 0.25) is 0 Å². The summed E-state index contributed by atoms with van der Waals surface area (Å²) in [5.41, 5.74) is 3.79. The molecular weight excluding hydrogens is 218 g/mol. The third kappa shape index (κ3) is 3.71. The maximum absolute atomic E-state index is 5.85. The molecule has 1 aromatic carbocycles. The van der Waals surface area contributed by atoms with Gasteiger partial charge in [0.05, 0.1) is 0 Å². The van der Waals surface area contributed by atoms with Gasteiger partial charge in [0.15, 0.2) is 0 Å². The van der Waals surface area contributed by atoms with E-state index in [1.165, 1.54) is 23.2 Å².